The van der Waals surface area contributed by atoms with E-state index in [1.807, 2.05) is 7.05 Å². The predicted octanol–water partition coefficient (Wildman–Crippen LogP) is 3.51. The summed E-state index contributed by atoms with van der Waals surface area (Å²) in [5.41, 5.74) is 0.0583. The molecule has 1 atom stereocenters. The van der Waals surface area contributed by atoms with Gasteiger partial charge in [-0.2, -0.15) is 0 Å². The average Bonchev–Trinajstić information content (AvgIpc) is 2.38. The van der Waals surface area contributed by atoms with Crippen molar-refractivity contribution in [3.63, 3.8) is 0 Å². The van der Waals surface area contributed by atoms with Crippen LogP contribution in [0, 0.1) is 11.6 Å². The van der Waals surface area contributed by atoms with Crippen LogP contribution in [0.5, 0.6) is 0 Å². The Morgan fingerprint density at radius 1 is 1.32 bits per heavy atom. The maximum Gasteiger partial charge on any atom is 0.164 e. The van der Waals surface area contributed by atoms with Gasteiger partial charge < -0.3 is 10.0 Å². The summed E-state index contributed by atoms with van der Waals surface area (Å²) in [5.74, 6) is -1.87. The van der Waals surface area contributed by atoms with Crippen LogP contribution in [0.2, 0.25) is 0 Å². The quantitative estimate of drug-likeness (QED) is 0.856. The van der Waals surface area contributed by atoms with Gasteiger partial charge >= 0.3 is 0 Å². The summed E-state index contributed by atoms with van der Waals surface area (Å²) < 4.78 is 26.6. The molecule has 0 aromatic heterocycles. The van der Waals surface area contributed by atoms with Gasteiger partial charge in [0.25, 0.3) is 0 Å². The van der Waals surface area contributed by atoms with Gasteiger partial charge in [0.2, 0.25) is 0 Å². The Kier molecular flexibility index (Phi) is 5.44. The zero-order valence-corrected chi connectivity index (χ0v) is 12.1. The van der Waals surface area contributed by atoms with E-state index in [-0.39, 0.29) is 11.1 Å². The van der Waals surface area contributed by atoms with Crippen molar-refractivity contribution < 1.29 is 13.9 Å². The molecule has 0 spiro atoms. The van der Waals surface area contributed by atoms with E-state index in [4.69, 9.17) is 0 Å². The predicted molar refractivity (Wildman–Crippen MR) is 72.9 cm³/mol. The minimum atomic E-state index is -0.981. The second kappa shape index (κ2) is 6.44. The van der Waals surface area contributed by atoms with Crippen LogP contribution in [0.4, 0.5) is 8.78 Å². The fourth-order valence-corrected chi connectivity index (χ4v) is 1.82. The third-order valence-electron chi connectivity index (χ3n) is 3.98. The molecule has 0 radical (unpaired) electrons. The molecule has 1 N–H and O–H groups in total. The Bertz CT molecular complexity index is 421. The minimum absolute atomic E-state index is 0.0280. The first-order valence-electron chi connectivity index (χ1n) is 6.62. The molecule has 108 valence electrons. The molecule has 1 rings (SSSR count). The van der Waals surface area contributed by atoms with Gasteiger partial charge in [-0.05, 0) is 39.8 Å². The zero-order chi connectivity index (χ0) is 14.6. The largest absolute Gasteiger partial charge is 0.388 e. The molecule has 0 bridgehead atoms. The molecular weight excluding hydrogens is 248 g/mol. The van der Waals surface area contributed by atoms with E-state index in [2.05, 4.69) is 25.7 Å². The fourth-order valence-electron chi connectivity index (χ4n) is 1.82. The number of aliphatic hydroxyl groups is 1. The van der Waals surface area contributed by atoms with Crippen molar-refractivity contribution in [3.05, 3.63) is 35.4 Å². The number of hydrogen-bond donors (Lipinski definition) is 1. The van der Waals surface area contributed by atoms with Gasteiger partial charge in [0.1, 0.15) is 0 Å². The molecule has 0 heterocycles. The topological polar surface area (TPSA) is 23.5 Å². The van der Waals surface area contributed by atoms with E-state index >= 15 is 0 Å². The highest BCUT2D eigenvalue weighted by Gasteiger charge is 2.22. The highest BCUT2D eigenvalue weighted by Crippen LogP contribution is 2.24. The average molecular weight is 271 g/mol. The summed E-state index contributed by atoms with van der Waals surface area (Å²) in [5, 5.41) is 9.98. The summed E-state index contributed by atoms with van der Waals surface area (Å²) in [6.45, 7) is 6.95. The summed E-state index contributed by atoms with van der Waals surface area (Å²) in [7, 11) is 1.97. The summed E-state index contributed by atoms with van der Waals surface area (Å²) in [6, 6.07) is 3.89. The number of halogens is 2. The molecule has 19 heavy (non-hydrogen) atoms. The van der Waals surface area contributed by atoms with Gasteiger partial charge in [0.05, 0.1) is 6.10 Å². The molecule has 0 aliphatic carbocycles. The smallest absolute Gasteiger partial charge is 0.164 e. The molecule has 0 aliphatic heterocycles. The number of benzene rings is 1. The van der Waals surface area contributed by atoms with Crippen molar-refractivity contribution in [2.75, 3.05) is 13.6 Å². The Morgan fingerprint density at radius 3 is 2.53 bits per heavy atom. The maximum absolute atomic E-state index is 13.5. The van der Waals surface area contributed by atoms with Crippen LogP contribution in [-0.4, -0.2) is 29.1 Å². The van der Waals surface area contributed by atoms with Crippen molar-refractivity contribution in [2.45, 2.75) is 45.3 Å². The van der Waals surface area contributed by atoms with Crippen LogP contribution in [-0.2, 0) is 0 Å². The number of aliphatic hydroxyl groups excluding tert-OH is 1. The van der Waals surface area contributed by atoms with Crippen molar-refractivity contribution >= 4 is 0 Å². The second-order valence-electron chi connectivity index (χ2n) is 5.54. The van der Waals surface area contributed by atoms with Crippen molar-refractivity contribution in [1.82, 2.24) is 4.90 Å². The maximum atomic E-state index is 13.5. The first-order chi connectivity index (χ1) is 8.79. The number of nitrogens with zero attached hydrogens (tertiary/aromatic N) is 1. The molecule has 1 unspecified atom stereocenters. The summed E-state index contributed by atoms with van der Waals surface area (Å²) >= 11 is 0. The molecular formula is C15H23F2NO. The van der Waals surface area contributed by atoms with Crippen LogP contribution in [0.1, 0.15) is 45.3 Å². The van der Waals surface area contributed by atoms with Crippen molar-refractivity contribution in [2.24, 2.45) is 0 Å². The van der Waals surface area contributed by atoms with E-state index < -0.39 is 17.7 Å². The lowest BCUT2D eigenvalue weighted by molar-refractivity contribution is 0.103. The van der Waals surface area contributed by atoms with E-state index in [0.29, 0.717) is 13.0 Å². The van der Waals surface area contributed by atoms with Gasteiger partial charge in [0, 0.05) is 17.6 Å². The lowest BCUT2D eigenvalue weighted by atomic mass is 9.98. The van der Waals surface area contributed by atoms with E-state index in [0.717, 1.165) is 12.5 Å². The Labute approximate surface area is 114 Å². The van der Waals surface area contributed by atoms with Crippen molar-refractivity contribution in [1.29, 1.82) is 0 Å². The molecule has 1 aromatic rings. The van der Waals surface area contributed by atoms with Crippen LogP contribution in [0.15, 0.2) is 18.2 Å². The normalized spacial score (nSPS) is 13.9. The molecule has 1 aromatic carbocycles. The highest BCUT2D eigenvalue weighted by atomic mass is 19.2. The first-order valence-corrected chi connectivity index (χ1v) is 6.62. The molecule has 0 fully saturated rings. The van der Waals surface area contributed by atoms with Crippen LogP contribution in [0.25, 0.3) is 0 Å². The second-order valence-corrected chi connectivity index (χ2v) is 5.54. The van der Waals surface area contributed by atoms with E-state index in [1.165, 1.54) is 12.1 Å². The van der Waals surface area contributed by atoms with E-state index in [1.54, 1.807) is 0 Å². The van der Waals surface area contributed by atoms with Gasteiger partial charge in [-0.15, -0.1) is 0 Å². The SMILES string of the molecule is CCC(C)(C)N(C)CCC(O)c1cccc(F)c1F. The van der Waals surface area contributed by atoms with Crippen LogP contribution in [0.3, 0.4) is 0 Å². The molecule has 0 saturated carbocycles. The summed E-state index contributed by atoms with van der Waals surface area (Å²) in [4.78, 5) is 2.12. The third-order valence-corrected chi connectivity index (χ3v) is 3.98. The Morgan fingerprint density at radius 2 is 1.95 bits per heavy atom. The lowest BCUT2D eigenvalue weighted by Crippen LogP contribution is -2.41. The zero-order valence-electron chi connectivity index (χ0n) is 12.1. The fraction of sp³-hybridized carbons (Fsp3) is 0.600. The highest BCUT2D eigenvalue weighted by molar-refractivity contribution is 5.21. The van der Waals surface area contributed by atoms with Gasteiger partial charge in [-0.3, -0.25) is 0 Å². The summed E-state index contributed by atoms with van der Waals surface area (Å²) in [6.07, 6.45) is 0.375. The Balaban J connectivity index is 2.66. The monoisotopic (exact) mass is 271 g/mol. The molecule has 2 nitrogen and oxygen atoms in total. The molecule has 4 heteroatoms. The third kappa shape index (κ3) is 3.98. The molecule has 0 saturated heterocycles. The standard InChI is InChI=1S/C15H23F2NO/c1-5-15(2,3)18(4)10-9-13(19)11-7-6-8-12(16)14(11)17/h6-8,13,19H,5,9-10H2,1-4H3. The van der Waals surface area contributed by atoms with E-state index in [9.17, 15) is 13.9 Å². The molecule has 0 amide bonds. The van der Waals surface area contributed by atoms with Crippen molar-refractivity contribution in [3.8, 4) is 0 Å². The van der Waals surface area contributed by atoms with Gasteiger partial charge in [-0.1, -0.05) is 19.1 Å². The number of rotatable bonds is 6. The minimum Gasteiger partial charge on any atom is -0.388 e. The van der Waals surface area contributed by atoms with Gasteiger partial charge in [-0.25, -0.2) is 8.78 Å². The number of hydrogen-bond acceptors (Lipinski definition) is 2. The van der Waals surface area contributed by atoms with Crippen LogP contribution >= 0.6 is 0 Å². The Hall–Kier alpha value is -1.00. The van der Waals surface area contributed by atoms with Gasteiger partial charge in [0.15, 0.2) is 11.6 Å². The molecule has 0 aliphatic rings. The first kappa shape index (κ1) is 16.1. The lowest BCUT2D eigenvalue weighted by Gasteiger charge is -2.35. The van der Waals surface area contributed by atoms with Crippen LogP contribution < -0.4 is 0 Å².